The van der Waals surface area contributed by atoms with Crippen LogP contribution in [0.4, 0.5) is 0 Å². The molecule has 2 aromatic carbocycles. The van der Waals surface area contributed by atoms with Crippen LogP contribution in [0.3, 0.4) is 0 Å². The average molecular weight is 291 g/mol. The number of aryl methyl sites for hydroxylation is 1. The Kier molecular flexibility index (Phi) is 4.42. The van der Waals surface area contributed by atoms with Crippen molar-refractivity contribution in [1.82, 2.24) is 4.72 Å². The summed E-state index contributed by atoms with van der Waals surface area (Å²) in [5.41, 5.74) is 1.90. The smallest absolute Gasteiger partial charge is 0.240 e. The summed E-state index contributed by atoms with van der Waals surface area (Å²) in [5, 5.41) is 9.34. The normalized spacial score (nSPS) is 11.4. The van der Waals surface area contributed by atoms with Gasteiger partial charge in [0.1, 0.15) is 5.75 Å². The van der Waals surface area contributed by atoms with Crippen LogP contribution in [0.25, 0.3) is 0 Å². The molecule has 0 saturated carbocycles. The van der Waals surface area contributed by atoms with Gasteiger partial charge in [-0.3, -0.25) is 0 Å². The van der Waals surface area contributed by atoms with E-state index < -0.39 is 10.0 Å². The van der Waals surface area contributed by atoms with Crippen LogP contribution in [0.1, 0.15) is 11.1 Å². The van der Waals surface area contributed by atoms with E-state index in [1.165, 1.54) is 0 Å². The van der Waals surface area contributed by atoms with Crippen molar-refractivity contribution in [2.45, 2.75) is 18.2 Å². The molecule has 0 spiro atoms. The monoisotopic (exact) mass is 291 g/mol. The second kappa shape index (κ2) is 6.07. The van der Waals surface area contributed by atoms with Gasteiger partial charge in [-0.05, 0) is 43.2 Å². The Morgan fingerprint density at radius 2 is 1.80 bits per heavy atom. The van der Waals surface area contributed by atoms with Gasteiger partial charge in [0, 0.05) is 6.54 Å². The molecule has 0 bridgehead atoms. The van der Waals surface area contributed by atoms with E-state index in [4.69, 9.17) is 0 Å². The summed E-state index contributed by atoms with van der Waals surface area (Å²) in [6, 6.07) is 13.5. The molecule has 2 N–H and O–H groups in total. The van der Waals surface area contributed by atoms with Gasteiger partial charge < -0.3 is 5.11 Å². The Morgan fingerprint density at radius 3 is 2.45 bits per heavy atom. The first-order valence-electron chi connectivity index (χ1n) is 6.32. The molecular formula is C15H17NO3S. The molecule has 0 aliphatic carbocycles. The Balaban J connectivity index is 1.98. The summed E-state index contributed by atoms with van der Waals surface area (Å²) >= 11 is 0. The van der Waals surface area contributed by atoms with E-state index in [1.54, 1.807) is 42.5 Å². The van der Waals surface area contributed by atoms with Crippen molar-refractivity contribution in [1.29, 1.82) is 0 Å². The maximum Gasteiger partial charge on any atom is 0.240 e. The van der Waals surface area contributed by atoms with E-state index in [0.717, 1.165) is 11.1 Å². The predicted octanol–water partition coefficient (Wildman–Crippen LogP) is 2.22. The van der Waals surface area contributed by atoms with Crippen LogP contribution in [0.15, 0.2) is 53.4 Å². The molecule has 0 amide bonds. The highest BCUT2D eigenvalue weighted by atomic mass is 32.2. The van der Waals surface area contributed by atoms with E-state index in [2.05, 4.69) is 4.72 Å². The summed E-state index contributed by atoms with van der Waals surface area (Å²) < 4.78 is 26.6. The molecule has 106 valence electrons. The standard InChI is InChI=1S/C15H17NO3S/c1-12-5-7-15(8-6-12)20(18,19)16-10-9-13-3-2-4-14(17)11-13/h2-8,11,16-17H,9-10H2,1H3. The molecule has 0 heterocycles. The van der Waals surface area contributed by atoms with E-state index in [-0.39, 0.29) is 10.6 Å². The van der Waals surface area contributed by atoms with Crippen LogP contribution in [-0.2, 0) is 16.4 Å². The van der Waals surface area contributed by atoms with Gasteiger partial charge in [0.25, 0.3) is 0 Å². The molecule has 2 aromatic rings. The van der Waals surface area contributed by atoms with Crippen LogP contribution >= 0.6 is 0 Å². The number of benzene rings is 2. The molecule has 4 nitrogen and oxygen atoms in total. The summed E-state index contributed by atoms with van der Waals surface area (Å²) in [5.74, 6) is 0.184. The SMILES string of the molecule is Cc1ccc(S(=O)(=O)NCCc2cccc(O)c2)cc1. The lowest BCUT2D eigenvalue weighted by Crippen LogP contribution is -2.25. The topological polar surface area (TPSA) is 66.4 Å². The summed E-state index contributed by atoms with van der Waals surface area (Å²) in [6.45, 7) is 2.20. The zero-order chi connectivity index (χ0) is 14.6. The first-order valence-corrected chi connectivity index (χ1v) is 7.80. The van der Waals surface area contributed by atoms with Gasteiger partial charge in [-0.25, -0.2) is 13.1 Å². The molecule has 0 unspecified atom stereocenters. The van der Waals surface area contributed by atoms with E-state index >= 15 is 0 Å². The molecule has 0 saturated heterocycles. The molecule has 0 aliphatic heterocycles. The highest BCUT2D eigenvalue weighted by molar-refractivity contribution is 7.89. The maximum atomic E-state index is 12.0. The van der Waals surface area contributed by atoms with Gasteiger partial charge in [0.15, 0.2) is 0 Å². The Morgan fingerprint density at radius 1 is 1.10 bits per heavy atom. The highest BCUT2D eigenvalue weighted by Crippen LogP contribution is 2.12. The van der Waals surface area contributed by atoms with Crippen LogP contribution < -0.4 is 4.72 Å². The van der Waals surface area contributed by atoms with Crippen LogP contribution in [0.2, 0.25) is 0 Å². The molecule has 2 rings (SSSR count). The number of phenolic OH excluding ortho intramolecular Hbond substituents is 1. The van der Waals surface area contributed by atoms with Gasteiger partial charge in [0.05, 0.1) is 4.90 Å². The molecule has 20 heavy (non-hydrogen) atoms. The number of sulfonamides is 1. The zero-order valence-corrected chi connectivity index (χ0v) is 12.0. The highest BCUT2D eigenvalue weighted by Gasteiger charge is 2.12. The third kappa shape index (κ3) is 3.82. The quantitative estimate of drug-likeness (QED) is 0.887. The Bertz CT molecular complexity index is 679. The number of aromatic hydroxyl groups is 1. The lowest BCUT2D eigenvalue weighted by molar-refractivity contribution is 0.474. The molecule has 0 aromatic heterocycles. The summed E-state index contributed by atoms with van der Waals surface area (Å²) in [6.07, 6.45) is 0.527. The van der Waals surface area contributed by atoms with Crippen molar-refractivity contribution < 1.29 is 13.5 Å². The number of hydrogen-bond donors (Lipinski definition) is 2. The van der Waals surface area contributed by atoms with Crippen molar-refractivity contribution in [2.75, 3.05) is 6.54 Å². The van der Waals surface area contributed by atoms with Gasteiger partial charge in [-0.1, -0.05) is 29.8 Å². The minimum atomic E-state index is -3.47. The van der Waals surface area contributed by atoms with E-state index in [9.17, 15) is 13.5 Å². The Hall–Kier alpha value is -1.85. The molecular weight excluding hydrogens is 274 g/mol. The average Bonchev–Trinajstić information content (AvgIpc) is 2.39. The third-order valence-electron chi connectivity index (χ3n) is 2.95. The second-order valence-electron chi connectivity index (χ2n) is 4.63. The predicted molar refractivity (Wildman–Crippen MR) is 78.2 cm³/mol. The minimum Gasteiger partial charge on any atom is -0.508 e. The van der Waals surface area contributed by atoms with Crippen LogP contribution in [-0.4, -0.2) is 20.1 Å². The third-order valence-corrected chi connectivity index (χ3v) is 4.42. The first kappa shape index (κ1) is 14.6. The second-order valence-corrected chi connectivity index (χ2v) is 6.40. The lowest BCUT2D eigenvalue weighted by Gasteiger charge is -2.07. The maximum absolute atomic E-state index is 12.0. The fourth-order valence-electron chi connectivity index (χ4n) is 1.84. The molecule has 0 fully saturated rings. The van der Waals surface area contributed by atoms with Crippen molar-refractivity contribution in [3.8, 4) is 5.75 Å². The fourth-order valence-corrected chi connectivity index (χ4v) is 2.87. The lowest BCUT2D eigenvalue weighted by atomic mass is 10.1. The van der Waals surface area contributed by atoms with Crippen molar-refractivity contribution in [3.05, 3.63) is 59.7 Å². The summed E-state index contributed by atoms with van der Waals surface area (Å²) in [7, 11) is -3.47. The van der Waals surface area contributed by atoms with Gasteiger partial charge in [-0.15, -0.1) is 0 Å². The largest absolute Gasteiger partial charge is 0.508 e. The van der Waals surface area contributed by atoms with Crippen LogP contribution in [0, 0.1) is 6.92 Å². The molecule has 0 aliphatic rings. The molecule has 5 heteroatoms. The zero-order valence-electron chi connectivity index (χ0n) is 11.2. The van der Waals surface area contributed by atoms with E-state index in [1.807, 2.05) is 13.0 Å². The number of hydrogen-bond acceptors (Lipinski definition) is 3. The molecule has 0 atom stereocenters. The Labute approximate surface area is 119 Å². The summed E-state index contributed by atoms with van der Waals surface area (Å²) in [4.78, 5) is 0.263. The first-order chi connectivity index (χ1) is 9.47. The van der Waals surface area contributed by atoms with Crippen molar-refractivity contribution in [2.24, 2.45) is 0 Å². The van der Waals surface area contributed by atoms with Gasteiger partial charge >= 0.3 is 0 Å². The molecule has 0 radical (unpaired) electrons. The van der Waals surface area contributed by atoms with Gasteiger partial charge in [-0.2, -0.15) is 0 Å². The van der Waals surface area contributed by atoms with E-state index in [0.29, 0.717) is 13.0 Å². The number of rotatable bonds is 5. The number of phenols is 1. The van der Waals surface area contributed by atoms with Crippen molar-refractivity contribution in [3.63, 3.8) is 0 Å². The fraction of sp³-hybridized carbons (Fsp3) is 0.200. The van der Waals surface area contributed by atoms with Crippen LogP contribution in [0.5, 0.6) is 5.75 Å². The minimum absolute atomic E-state index is 0.184. The number of nitrogens with one attached hydrogen (secondary N) is 1. The van der Waals surface area contributed by atoms with Gasteiger partial charge in [0.2, 0.25) is 10.0 Å². The van der Waals surface area contributed by atoms with Crippen molar-refractivity contribution >= 4 is 10.0 Å².